The van der Waals surface area contributed by atoms with Crippen LogP contribution in [0, 0.1) is 0 Å². The van der Waals surface area contributed by atoms with Crippen LogP contribution in [0.3, 0.4) is 0 Å². The number of nitrogens with one attached hydrogen (secondary N) is 1. The first-order chi connectivity index (χ1) is 15.2. The molecule has 0 bridgehead atoms. The Morgan fingerprint density at radius 1 is 1.00 bits per heavy atom. The second-order valence-corrected chi connectivity index (χ2v) is 9.44. The third kappa shape index (κ3) is 5.40. The zero-order chi connectivity index (χ0) is 23.3. The van der Waals surface area contributed by atoms with Crippen molar-refractivity contribution in [1.82, 2.24) is 4.31 Å². The van der Waals surface area contributed by atoms with Crippen molar-refractivity contribution in [3.8, 4) is 17.2 Å². The molecule has 9 heteroatoms. The predicted octanol–water partition coefficient (Wildman–Crippen LogP) is 5.03. The molecular weight excluding hydrogens is 452 g/mol. The van der Waals surface area contributed by atoms with Gasteiger partial charge in [0.25, 0.3) is 5.91 Å². The highest BCUT2D eigenvalue weighted by Gasteiger charge is 2.21. The summed E-state index contributed by atoms with van der Waals surface area (Å²) < 4.78 is 37.2. The molecule has 0 atom stereocenters. The number of carbonyl (C=O) groups is 1. The molecule has 0 radical (unpaired) electrons. The van der Waals surface area contributed by atoms with Gasteiger partial charge < -0.3 is 14.8 Å². The van der Waals surface area contributed by atoms with Crippen LogP contribution >= 0.6 is 11.6 Å². The quantitative estimate of drug-likeness (QED) is 0.494. The molecule has 0 unspecified atom stereocenters. The zero-order valence-electron chi connectivity index (χ0n) is 17.8. The van der Waals surface area contributed by atoms with Crippen LogP contribution in [0.5, 0.6) is 17.2 Å². The molecule has 168 valence electrons. The van der Waals surface area contributed by atoms with Crippen molar-refractivity contribution in [3.63, 3.8) is 0 Å². The van der Waals surface area contributed by atoms with E-state index in [-0.39, 0.29) is 15.5 Å². The summed E-state index contributed by atoms with van der Waals surface area (Å²) in [5.74, 6) is 1.14. The van der Waals surface area contributed by atoms with Gasteiger partial charge in [0.1, 0.15) is 11.5 Å². The highest BCUT2D eigenvalue weighted by Crippen LogP contribution is 2.31. The molecule has 0 heterocycles. The number of rotatable bonds is 8. The summed E-state index contributed by atoms with van der Waals surface area (Å²) in [6, 6.07) is 18.0. The number of hydrogen-bond acceptors (Lipinski definition) is 5. The SMILES string of the molecule is CCOc1ccc(Oc2ccccc2NC(=O)c2cc(S(=O)(=O)N(C)C)ccc2Cl)cc1. The minimum absolute atomic E-state index is 0.0315. The Labute approximate surface area is 192 Å². The van der Waals surface area contributed by atoms with Gasteiger partial charge in [-0.2, -0.15) is 0 Å². The Morgan fingerprint density at radius 2 is 1.66 bits per heavy atom. The van der Waals surface area contributed by atoms with Gasteiger partial charge in [-0.05, 0) is 61.5 Å². The summed E-state index contributed by atoms with van der Waals surface area (Å²) in [6.07, 6.45) is 0. The minimum Gasteiger partial charge on any atom is -0.494 e. The molecule has 7 nitrogen and oxygen atoms in total. The van der Waals surface area contributed by atoms with Gasteiger partial charge in [-0.25, -0.2) is 12.7 Å². The third-order valence-corrected chi connectivity index (χ3v) is 6.60. The first kappa shape index (κ1) is 23.6. The topological polar surface area (TPSA) is 84.9 Å². The van der Waals surface area contributed by atoms with Gasteiger partial charge in [-0.1, -0.05) is 23.7 Å². The molecule has 0 spiro atoms. The van der Waals surface area contributed by atoms with Gasteiger partial charge in [-0.15, -0.1) is 0 Å². The van der Waals surface area contributed by atoms with E-state index in [0.717, 1.165) is 10.1 Å². The molecule has 1 N–H and O–H groups in total. The molecule has 0 saturated carbocycles. The average molecular weight is 475 g/mol. The van der Waals surface area contributed by atoms with Crippen LogP contribution in [0.1, 0.15) is 17.3 Å². The Bertz CT molecular complexity index is 1210. The number of benzene rings is 3. The molecule has 3 rings (SSSR count). The molecule has 32 heavy (non-hydrogen) atoms. The number of carbonyl (C=O) groups excluding carboxylic acids is 1. The van der Waals surface area contributed by atoms with Crippen molar-refractivity contribution in [2.24, 2.45) is 0 Å². The van der Waals surface area contributed by atoms with E-state index in [9.17, 15) is 13.2 Å². The fourth-order valence-electron chi connectivity index (χ4n) is 2.80. The lowest BCUT2D eigenvalue weighted by molar-refractivity contribution is 0.102. The molecule has 0 aliphatic heterocycles. The number of para-hydroxylation sites is 2. The van der Waals surface area contributed by atoms with E-state index in [1.54, 1.807) is 48.5 Å². The van der Waals surface area contributed by atoms with Crippen LogP contribution in [-0.2, 0) is 10.0 Å². The zero-order valence-corrected chi connectivity index (χ0v) is 19.4. The lowest BCUT2D eigenvalue weighted by Gasteiger charge is -2.15. The van der Waals surface area contributed by atoms with Crippen LogP contribution in [0.25, 0.3) is 0 Å². The second kappa shape index (κ2) is 10.0. The Morgan fingerprint density at radius 3 is 2.31 bits per heavy atom. The summed E-state index contributed by atoms with van der Waals surface area (Å²) >= 11 is 6.18. The molecular formula is C23H23ClN2O5S. The van der Waals surface area contributed by atoms with Crippen LogP contribution in [0.15, 0.2) is 71.6 Å². The highest BCUT2D eigenvalue weighted by molar-refractivity contribution is 7.89. The number of hydrogen-bond donors (Lipinski definition) is 1. The van der Waals surface area contributed by atoms with Gasteiger partial charge in [0.05, 0.1) is 27.8 Å². The number of ether oxygens (including phenoxy) is 2. The Hall–Kier alpha value is -3.07. The standard InChI is InChI=1S/C23H23ClN2O5S/c1-4-30-16-9-11-17(12-10-16)31-22-8-6-5-7-21(22)25-23(27)19-15-18(13-14-20(19)24)32(28,29)26(2)3/h5-15H,4H2,1-3H3,(H,25,27). The van der Waals surface area contributed by atoms with Crippen molar-refractivity contribution < 1.29 is 22.7 Å². The number of amides is 1. The van der Waals surface area contributed by atoms with Crippen LogP contribution in [0.4, 0.5) is 5.69 Å². The smallest absolute Gasteiger partial charge is 0.257 e. The first-order valence-electron chi connectivity index (χ1n) is 9.75. The molecule has 0 aliphatic carbocycles. The van der Waals surface area contributed by atoms with Crippen molar-refractivity contribution >= 4 is 33.2 Å². The largest absolute Gasteiger partial charge is 0.494 e. The molecule has 0 aromatic heterocycles. The van der Waals surface area contributed by atoms with Crippen molar-refractivity contribution in [1.29, 1.82) is 0 Å². The normalized spacial score (nSPS) is 11.3. The van der Waals surface area contributed by atoms with Gasteiger partial charge in [0.15, 0.2) is 5.75 Å². The first-order valence-corrected chi connectivity index (χ1v) is 11.6. The predicted molar refractivity (Wildman–Crippen MR) is 124 cm³/mol. The number of sulfonamides is 1. The maximum absolute atomic E-state index is 12.9. The maximum Gasteiger partial charge on any atom is 0.257 e. The Balaban J connectivity index is 1.85. The summed E-state index contributed by atoms with van der Waals surface area (Å²) in [7, 11) is -0.890. The molecule has 0 saturated heterocycles. The summed E-state index contributed by atoms with van der Waals surface area (Å²) in [4.78, 5) is 12.9. The lowest BCUT2D eigenvalue weighted by atomic mass is 10.2. The van der Waals surface area contributed by atoms with Gasteiger partial charge in [0.2, 0.25) is 10.0 Å². The minimum atomic E-state index is -3.72. The van der Waals surface area contributed by atoms with Gasteiger partial charge >= 0.3 is 0 Å². The van der Waals surface area contributed by atoms with Crippen molar-refractivity contribution in [2.75, 3.05) is 26.0 Å². The number of anilines is 1. The van der Waals surface area contributed by atoms with E-state index in [1.165, 1.54) is 32.3 Å². The van der Waals surface area contributed by atoms with Crippen LogP contribution < -0.4 is 14.8 Å². The molecule has 3 aromatic carbocycles. The van der Waals surface area contributed by atoms with E-state index < -0.39 is 15.9 Å². The fourth-order valence-corrected chi connectivity index (χ4v) is 3.93. The number of halogens is 1. The maximum atomic E-state index is 12.9. The third-order valence-electron chi connectivity index (χ3n) is 4.46. The second-order valence-electron chi connectivity index (χ2n) is 6.89. The Kier molecular flexibility index (Phi) is 7.40. The summed E-state index contributed by atoms with van der Waals surface area (Å²) in [6.45, 7) is 2.47. The van der Waals surface area contributed by atoms with Crippen molar-refractivity contribution in [2.45, 2.75) is 11.8 Å². The van der Waals surface area contributed by atoms with Crippen molar-refractivity contribution in [3.05, 3.63) is 77.3 Å². The molecule has 3 aromatic rings. The van der Waals surface area contributed by atoms with E-state index in [1.807, 2.05) is 6.92 Å². The van der Waals surface area contributed by atoms with Crippen LogP contribution in [-0.4, -0.2) is 39.3 Å². The monoisotopic (exact) mass is 474 g/mol. The highest BCUT2D eigenvalue weighted by atomic mass is 35.5. The summed E-state index contributed by atoms with van der Waals surface area (Å²) in [5, 5.41) is 2.88. The molecule has 0 fully saturated rings. The van der Waals surface area contributed by atoms with E-state index in [4.69, 9.17) is 21.1 Å². The fraction of sp³-hybridized carbons (Fsp3) is 0.174. The molecule has 1 amide bonds. The van der Waals surface area contributed by atoms with Gasteiger partial charge in [-0.3, -0.25) is 4.79 Å². The summed E-state index contributed by atoms with van der Waals surface area (Å²) in [5.41, 5.74) is 0.439. The van der Waals surface area contributed by atoms with E-state index >= 15 is 0 Å². The van der Waals surface area contributed by atoms with E-state index in [2.05, 4.69) is 5.32 Å². The van der Waals surface area contributed by atoms with Crippen LogP contribution in [0.2, 0.25) is 5.02 Å². The van der Waals surface area contributed by atoms with Gasteiger partial charge in [0, 0.05) is 14.1 Å². The average Bonchev–Trinajstić information content (AvgIpc) is 2.76. The number of nitrogens with zero attached hydrogens (tertiary/aromatic N) is 1. The lowest BCUT2D eigenvalue weighted by Crippen LogP contribution is -2.23. The van der Waals surface area contributed by atoms with E-state index in [0.29, 0.717) is 23.8 Å². The molecule has 0 aliphatic rings.